The van der Waals surface area contributed by atoms with Crippen molar-refractivity contribution in [1.82, 2.24) is 19.5 Å². The highest BCUT2D eigenvalue weighted by Gasteiger charge is 2.08. The molecule has 0 unspecified atom stereocenters. The quantitative estimate of drug-likeness (QED) is 0.782. The average Bonchev–Trinajstić information content (AvgIpc) is 2.50. The largest absolute Gasteiger partial charge is 0.309 e. The number of anilines is 1. The number of nitrogens with zero attached hydrogens (tertiary/aromatic N) is 4. The minimum Gasteiger partial charge on any atom is -0.309 e. The molecule has 0 aliphatic carbocycles. The van der Waals surface area contributed by atoms with Crippen molar-refractivity contribution in [2.75, 3.05) is 5.32 Å². The smallest absolute Gasteiger partial charge is 0.261 e. The minimum atomic E-state index is -0.350. The van der Waals surface area contributed by atoms with Crippen molar-refractivity contribution in [3.63, 3.8) is 0 Å². The van der Waals surface area contributed by atoms with Crippen LogP contribution in [0.15, 0.2) is 47.8 Å². The van der Waals surface area contributed by atoms with E-state index in [9.17, 15) is 9.59 Å². The zero-order chi connectivity index (χ0) is 15.5. The zero-order valence-corrected chi connectivity index (χ0v) is 11.9. The molecule has 110 valence electrons. The third kappa shape index (κ3) is 2.83. The number of aromatic nitrogens is 4. The first-order valence-corrected chi connectivity index (χ1v) is 6.66. The number of carbonyl (C=O) groups excluding carboxylic acids is 1. The van der Waals surface area contributed by atoms with Crippen LogP contribution in [-0.2, 0) is 11.3 Å². The monoisotopic (exact) mass is 295 g/mol. The Labute approximate surface area is 125 Å². The summed E-state index contributed by atoms with van der Waals surface area (Å²) in [7, 11) is 0. The lowest BCUT2D eigenvalue weighted by Crippen LogP contribution is -2.28. The van der Waals surface area contributed by atoms with Gasteiger partial charge in [-0.3, -0.25) is 14.2 Å². The van der Waals surface area contributed by atoms with Crippen molar-refractivity contribution in [2.24, 2.45) is 0 Å². The Bertz CT molecular complexity index is 904. The average molecular weight is 295 g/mol. The van der Waals surface area contributed by atoms with Crippen molar-refractivity contribution < 1.29 is 4.79 Å². The van der Waals surface area contributed by atoms with E-state index in [1.807, 2.05) is 6.07 Å². The van der Waals surface area contributed by atoms with Gasteiger partial charge in [-0.25, -0.2) is 15.0 Å². The molecular formula is C15H13N5O2. The molecule has 0 aliphatic heterocycles. The Morgan fingerprint density at radius 2 is 2.05 bits per heavy atom. The van der Waals surface area contributed by atoms with Gasteiger partial charge in [-0.15, -0.1) is 0 Å². The number of benzene rings is 1. The molecule has 0 fully saturated rings. The van der Waals surface area contributed by atoms with Crippen LogP contribution in [0.1, 0.15) is 5.69 Å². The summed E-state index contributed by atoms with van der Waals surface area (Å²) < 4.78 is 1.27. The first kappa shape index (κ1) is 13.9. The van der Waals surface area contributed by atoms with Gasteiger partial charge in [-0.2, -0.15) is 0 Å². The Hall–Kier alpha value is -3.09. The summed E-state index contributed by atoms with van der Waals surface area (Å²) in [6, 6.07) is 8.67. The predicted octanol–water partition coefficient (Wildman–Crippen LogP) is 1.13. The van der Waals surface area contributed by atoms with Crippen LogP contribution in [-0.4, -0.2) is 25.4 Å². The topological polar surface area (TPSA) is 89.8 Å². The van der Waals surface area contributed by atoms with Crippen LogP contribution in [0.25, 0.3) is 10.9 Å². The van der Waals surface area contributed by atoms with Gasteiger partial charge in [0.25, 0.3) is 5.56 Å². The Balaban J connectivity index is 1.82. The van der Waals surface area contributed by atoms with Crippen molar-refractivity contribution >= 4 is 22.6 Å². The summed E-state index contributed by atoms with van der Waals surface area (Å²) in [5, 5.41) is 3.11. The van der Waals surface area contributed by atoms with Crippen LogP contribution in [0.3, 0.4) is 0 Å². The Morgan fingerprint density at radius 3 is 2.86 bits per heavy atom. The lowest BCUT2D eigenvalue weighted by Gasteiger charge is -2.07. The van der Waals surface area contributed by atoms with Gasteiger partial charge < -0.3 is 5.32 Å². The number of nitrogens with one attached hydrogen (secondary N) is 1. The van der Waals surface area contributed by atoms with Gasteiger partial charge in [0.2, 0.25) is 5.91 Å². The molecule has 2 heterocycles. The number of hydrogen-bond acceptors (Lipinski definition) is 5. The van der Waals surface area contributed by atoms with Gasteiger partial charge in [0.1, 0.15) is 18.7 Å². The molecule has 0 spiro atoms. The first-order chi connectivity index (χ1) is 10.6. The Morgan fingerprint density at radius 1 is 1.23 bits per heavy atom. The van der Waals surface area contributed by atoms with Gasteiger partial charge in [-0.05, 0) is 19.1 Å². The molecule has 0 aliphatic rings. The van der Waals surface area contributed by atoms with Crippen molar-refractivity contribution in [2.45, 2.75) is 13.5 Å². The van der Waals surface area contributed by atoms with Crippen LogP contribution in [0.2, 0.25) is 0 Å². The van der Waals surface area contributed by atoms with E-state index in [0.717, 1.165) is 5.69 Å². The fourth-order valence-electron chi connectivity index (χ4n) is 2.08. The normalized spacial score (nSPS) is 10.6. The second kappa shape index (κ2) is 5.72. The molecule has 22 heavy (non-hydrogen) atoms. The molecule has 3 aromatic rings. The summed E-state index contributed by atoms with van der Waals surface area (Å²) in [5.41, 5.74) is 1.10. The van der Waals surface area contributed by atoms with E-state index in [0.29, 0.717) is 16.7 Å². The number of hydrogen-bond donors (Lipinski definition) is 1. The third-order valence-electron chi connectivity index (χ3n) is 3.12. The fourth-order valence-corrected chi connectivity index (χ4v) is 2.08. The maximum absolute atomic E-state index is 12.3. The van der Waals surface area contributed by atoms with Gasteiger partial charge in [0.15, 0.2) is 0 Å². The molecule has 1 aromatic carbocycles. The highest BCUT2D eigenvalue weighted by atomic mass is 16.2. The molecule has 7 nitrogen and oxygen atoms in total. The second-order valence-electron chi connectivity index (χ2n) is 4.79. The van der Waals surface area contributed by atoms with Crippen LogP contribution in [0, 0.1) is 6.92 Å². The highest BCUT2D eigenvalue weighted by molar-refractivity contribution is 5.89. The Kier molecular flexibility index (Phi) is 3.61. The lowest BCUT2D eigenvalue weighted by molar-refractivity contribution is -0.116. The summed E-state index contributed by atoms with van der Waals surface area (Å²) in [5.74, 6) is 0.0524. The summed E-state index contributed by atoms with van der Waals surface area (Å²) in [6.45, 7) is 1.68. The van der Waals surface area contributed by atoms with Gasteiger partial charge >= 0.3 is 0 Å². The third-order valence-corrected chi connectivity index (χ3v) is 3.12. The van der Waals surface area contributed by atoms with E-state index < -0.39 is 0 Å². The van der Waals surface area contributed by atoms with E-state index in [1.54, 1.807) is 31.2 Å². The van der Waals surface area contributed by atoms with E-state index in [2.05, 4.69) is 20.3 Å². The number of para-hydroxylation sites is 1. The lowest BCUT2D eigenvalue weighted by atomic mass is 10.2. The number of amides is 1. The van der Waals surface area contributed by atoms with Gasteiger partial charge in [0, 0.05) is 11.8 Å². The van der Waals surface area contributed by atoms with E-state index in [4.69, 9.17) is 0 Å². The molecule has 0 bridgehead atoms. The number of rotatable bonds is 3. The fraction of sp³-hybridized carbons (Fsp3) is 0.133. The molecule has 7 heteroatoms. The molecule has 0 saturated carbocycles. The summed E-state index contributed by atoms with van der Waals surface area (Å²) in [4.78, 5) is 36.4. The number of carbonyl (C=O) groups is 1. The van der Waals surface area contributed by atoms with Gasteiger partial charge in [-0.1, -0.05) is 12.1 Å². The molecule has 0 saturated heterocycles. The van der Waals surface area contributed by atoms with Gasteiger partial charge in [0.05, 0.1) is 17.2 Å². The van der Waals surface area contributed by atoms with Crippen molar-refractivity contribution in [3.05, 3.63) is 59.0 Å². The summed E-state index contributed by atoms with van der Waals surface area (Å²) >= 11 is 0. The molecule has 0 radical (unpaired) electrons. The van der Waals surface area contributed by atoms with Crippen molar-refractivity contribution in [3.8, 4) is 0 Å². The number of aryl methyl sites for hydroxylation is 1. The molecule has 1 N–H and O–H groups in total. The van der Waals surface area contributed by atoms with E-state index in [1.165, 1.54) is 17.2 Å². The highest BCUT2D eigenvalue weighted by Crippen LogP contribution is 2.05. The SMILES string of the molecule is Cc1cc(NC(=O)Cn2cnc3ccccc3c2=O)ncn1. The molecule has 0 atom stereocenters. The first-order valence-electron chi connectivity index (χ1n) is 6.66. The molecule has 1 amide bonds. The van der Waals surface area contributed by atoms with E-state index in [-0.39, 0.29) is 18.0 Å². The van der Waals surface area contributed by atoms with Crippen LogP contribution in [0.4, 0.5) is 5.82 Å². The van der Waals surface area contributed by atoms with Crippen LogP contribution < -0.4 is 10.9 Å². The van der Waals surface area contributed by atoms with Crippen molar-refractivity contribution in [1.29, 1.82) is 0 Å². The molecular weight excluding hydrogens is 282 g/mol. The van der Waals surface area contributed by atoms with Crippen LogP contribution in [0.5, 0.6) is 0 Å². The maximum atomic E-state index is 12.3. The minimum absolute atomic E-state index is 0.125. The standard InChI is InChI=1S/C15H13N5O2/c1-10-6-13(17-8-16-10)19-14(21)7-20-9-18-12-5-3-2-4-11(12)15(20)22/h2-6,8-9H,7H2,1H3,(H,16,17,19,21). The predicted molar refractivity (Wildman–Crippen MR) is 81.4 cm³/mol. The zero-order valence-electron chi connectivity index (χ0n) is 11.9. The molecule has 3 rings (SSSR count). The van der Waals surface area contributed by atoms with Crippen LogP contribution >= 0.6 is 0 Å². The van der Waals surface area contributed by atoms with E-state index >= 15 is 0 Å². The second-order valence-corrected chi connectivity index (χ2v) is 4.79. The molecule has 2 aromatic heterocycles. The maximum Gasteiger partial charge on any atom is 0.261 e. The number of fused-ring (bicyclic) bond motifs is 1. The summed E-state index contributed by atoms with van der Waals surface area (Å²) in [6.07, 6.45) is 2.74.